The van der Waals surface area contributed by atoms with Crippen molar-refractivity contribution in [3.63, 3.8) is 0 Å². The van der Waals surface area contributed by atoms with Crippen LogP contribution < -0.4 is 4.90 Å². The van der Waals surface area contributed by atoms with Crippen molar-refractivity contribution in [3.05, 3.63) is 231 Å². The maximum absolute atomic E-state index is 2.55. The molecular formula is C60H38N2S. The van der Waals surface area contributed by atoms with Gasteiger partial charge in [0.15, 0.2) is 0 Å². The summed E-state index contributed by atoms with van der Waals surface area (Å²) < 4.78 is 5.18. The van der Waals surface area contributed by atoms with E-state index >= 15 is 0 Å². The van der Waals surface area contributed by atoms with Gasteiger partial charge in [-0.15, -0.1) is 11.3 Å². The standard InChI is InChI=1S/C60H38N2S/c1-3-12-39(13-4-1)41-24-31-45(32-25-41)61(46-33-26-42(27-34-46)40-14-5-2-6-15-40)47-35-28-43(29-36-47)44-30-37-54-53(38-44)52-20-9-19-51-49-17-8-7-16-48(49)50-18-10-22-56-58(50)59-55(62(54)60(51)52)21-11-23-57(59)63-56/h1-38H. The zero-order chi connectivity index (χ0) is 41.4. The molecule has 0 saturated heterocycles. The summed E-state index contributed by atoms with van der Waals surface area (Å²) in [7, 11) is 0. The SMILES string of the molecule is c1ccc(-c2ccc(N(c3ccc(-c4ccccc4)cc3)c3ccc(-c4ccc5c(c4)c4cccc6c7ccccc7c7cccc8sc9cccc(c9c87)n5c64)cc3)cc2)cc1. The van der Waals surface area contributed by atoms with E-state index in [1.165, 1.54) is 102 Å². The molecule has 0 N–H and O–H groups in total. The van der Waals surface area contributed by atoms with Crippen LogP contribution in [0.15, 0.2) is 231 Å². The molecule has 0 unspecified atom stereocenters. The third kappa shape index (κ3) is 5.71. The molecule has 0 radical (unpaired) electrons. The number of para-hydroxylation sites is 1. The third-order valence-electron chi connectivity index (χ3n) is 13.0. The van der Waals surface area contributed by atoms with Crippen LogP contribution in [0.1, 0.15) is 0 Å². The van der Waals surface area contributed by atoms with E-state index in [1.54, 1.807) is 0 Å². The Balaban J connectivity index is 0.972. The average molecular weight is 819 g/mol. The highest BCUT2D eigenvalue weighted by Crippen LogP contribution is 2.45. The number of rotatable bonds is 6. The summed E-state index contributed by atoms with van der Waals surface area (Å²) in [5.41, 5.74) is 14.2. The van der Waals surface area contributed by atoms with Gasteiger partial charge in [0.2, 0.25) is 0 Å². The molecule has 0 saturated carbocycles. The summed E-state index contributed by atoms with van der Waals surface area (Å²) in [6.07, 6.45) is 0. The second-order valence-electron chi connectivity index (χ2n) is 16.5. The number of benzene rings is 10. The van der Waals surface area contributed by atoms with Gasteiger partial charge in [0, 0.05) is 53.4 Å². The summed E-state index contributed by atoms with van der Waals surface area (Å²) >= 11 is 1.89. The Bertz CT molecular complexity index is 3780. The highest BCUT2D eigenvalue weighted by atomic mass is 32.1. The first-order valence-electron chi connectivity index (χ1n) is 21.6. The predicted molar refractivity (Wildman–Crippen MR) is 271 cm³/mol. The van der Waals surface area contributed by atoms with E-state index in [0.717, 1.165) is 17.1 Å². The monoisotopic (exact) mass is 818 g/mol. The number of fused-ring (bicyclic) bond motifs is 7. The van der Waals surface area contributed by atoms with E-state index in [9.17, 15) is 0 Å². The van der Waals surface area contributed by atoms with Gasteiger partial charge in [-0.1, -0.05) is 164 Å². The molecule has 63 heavy (non-hydrogen) atoms. The molecule has 3 aromatic heterocycles. The van der Waals surface area contributed by atoms with Gasteiger partial charge in [0.25, 0.3) is 0 Å². The highest BCUT2D eigenvalue weighted by molar-refractivity contribution is 7.26. The smallest absolute Gasteiger partial charge is 0.0619 e. The Morgan fingerprint density at radius 3 is 1.32 bits per heavy atom. The molecule has 0 atom stereocenters. The van der Waals surface area contributed by atoms with Crippen LogP contribution in [0.25, 0.3) is 102 Å². The van der Waals surface area contributed by atoms with E-state index in [2.05, 4.69) is 240 Å². The number of hydrogen-bond donors (Lipinski definition) is 0. The molecule has 0 amide bonds. The quantitative estimate of drug-likeness (QED) is 0.162. The predicted octanol–water partition coefficient (Wildman–Crippen LogP) is 17.4. The van der Waals surface area contributed by atoms with Gasteiger partial charge in [0.1, 0.15) is 0 Å². The second kappa shape index (κ2) is 14.3. The summed E-state index contributed by atoms with van der Waals surface area (Å²) in [6, 6.07) is 84.6. The van der Waals surface area contributed by atoms with Gasteiger partial charge in [-0.2, -0.15) is 0 Å². The molecule has 0 aliphatic carbocycles. The van der Waals surface area contributed by atoms with Crippen molar-refractivity contribution in [3.8, 4) is 33.4 Å². The summed E-state index contributed by atoms with van der Waals surface area (Å²) in [4.78, 5) is 2.35. The fourth-order valence-electron chi connectivity index (χ4n) is 10.0. The second-order valence-corrected chi connectivity index (χ2v) is 17.5. The first kappa shape index (κ1) is 35.7. The molecule has 0 spiro atoms. The fraction of sp³-hybridized carbons (Fsp3) is 0. The highest BCUT2D eigenvalue weighted by Gasteiger charge is 2.19. The Labute approximate surface area is 368 Å². The number of nitrogens with zero attached hydrogens (tertiary/aromatic N) is 2. The van der Waals surface area contributed by atoms with Crippen LogP contribution >= 0.6 is 11.3 Å². The van der Waals surface area contributed by atoms with Crippen LogP contribution in [0.3, 0.4) is 0 Å². The zero-order valence-electron chi connectivity index (χ0n) is 34.2. The van der Waals surface area contributed by atoms with Crippen molar-refractivity contribution in [2.45, 2.75) is 0 Å². The lowest BCUT2D eigenvalue weighted by molar-refractivity contribution is 1.28. The van der Waals surface area contributed by atoms with Crippen LogP contribution in [0.5, 0.6) is 0 Å². The van der Waals surface area contributed by atoms with Gasteiger partial charge in [-0.05, 0) is 116 Å². The van der Waals surface area contributed by atoms with E-state index in [4.69, 9.17) is 0 Å². The lowest BCUT2D eigenvalue weighted by Crippen LogP contribution is -2.09. The van der Waals surface area contributed by atoms with Gasteiger partial charge in [0.05, 0.1) is 16.6 Å². The van der Waals surface area contributed by atoms with Crippen molar-refractivity contribution in [2.75, 3.05) is 4.90 Å². The number of thiophene rings is 1. The molecule has 0 aliphatic heterocycles. The maximum Gasteiger partial charge on any atom is 0.0619 e. The Morgan fingerprint density at radius 1 is 0.286 bits per heavy atom. The Kier molecular flexibility index (Phi) is 8.12. The molecule has 13 aromatic rings. The summed E-state index contributed by atoms with van der Waals surface area (Å²) in [5.74, 6) is 0. The minimum Gasteiger partial charge on any atom is -0.311 e. The molecular weight excluding hydrogens is 781 g/mol. The minimum absolute atomic E-state index is 1.10. The van der Waals surface area contributed by atoms with Crippen molar-refractivity contribution < 1.29 is 0 Å². The topological polar surface area (TPSA) is 7.65 Å². The maximum atomic E-state index is 2.55. The molecule has 0 bridgehead atoms. The lowest BCUT2D eigenvalue weighted by atomic mass is 9.99. The largest absolute Gasteiger partial charge is 0.311 e. The number of hydrogen-bond acceptors (Lipinski definition) is 2. The molecule has 0 fully saturated rings. The van der Waals surface area contributed by atoms with Crippen molar-refractivity contribution in [2.24, 2.45) is 0 Å². The molecule has 3 heteroatoms. The minimum atomic E-state index is 1.10. The van der Waals surface area contributed by atoms with Crippen LogP contribution in [-0.2, 0) is 0 Å². The van der Waals surface area contributed by atoms with Crippen molar-refractivity contribution in [1.29, 1.82) is 0 Å². The molecule has 294 valence electrons. The Hall–Kier alpha value is -7.98. The average Bonchev–Trinajstić information content (AvgIpc) is 3.92. The number of anilines is 3. The molecule has 13 rings (SSSR count). The Morgan fingerprint density at radius 2 is 0.714 bits per heavy atom. The van der Waals surface area contributed by atoms with E-state index < -0.39 is 0 Å². The molecule has 3 heterocycles. The van der Waals surface area contributed by atoms with Crippen LogP contribution in [0.2, 0.25) is 0 Å². The van der Waals surface area contributed by atoms with Gasteiger partial charge in [-0.25, -0.2) is 0 Å². The first-order chi connectivity index (χ1) is 31.2. The van der Waals surface area contributed by atoms with E-state index in [0.29, 0.717) is 0 Å². The first-order valence-corrected chi connectivity index (χ1v) is 22.4. The zero-order valence-corrected chi connectivity index (χ0v) is 35.1. The fourth-order valence-corrected chi connectivity index (χ4v) is 11.2. The molecule has 10 aromatic carbocycles. The normalized spacial score (nSPS) is 11.8. The molecule has 0 aliphatic rings. The number of aromatic nitrogens is 1. The van der Waals surface area contributed by atoms with Crippen LogP contribution in [0.4, 0.5) is 17.1 Å². The van der Waals surface area contributed by atoms with Crippen molar-refractivity contribution in [1.82, 2.24) is 4.40 Å². The van der Waals surface area contributed by atoms with Gasteiger partial charge in [-0.3, -0.25) is 0 Å². The summed E-state index contributed by atoms with van der Waals surface area (Å²) in [6.45, 7) is 0. The van der Waals surface area contributed by atoms with Crippen LogP contribution in [-0.4, -0.2) is 4.40 Å². The van der Waals surface area contributed by atoms with Gasteiger partial charge >= 0.3 is 0 Å². The van der Waals surface area contributed by atoms with Crippen molar-refractivity contribution >= 4 is 97.4 Å². The van der Waals surface area contributed by atoms with E-state index in [-0.39, 0.29) is 0 Å². The summed E-state index contributed by atoms with van der Waals surface area (Å²) in [5, 5.41) is 10.3. The van der Waals surface area contributed by atoms with Crippen LogP contribution in [0, 0.1) is 0 Å². The van der Waals surface area contributed by atoms with Gasteiger partial charge < -0.3 is 9.30 Å². The lowest BCUT2D eigenvalue weighted by Gasteiger charge is -2.26. The molecule has 2 nitrogen and oxygen atoms in total. The third-order valence-corrected chi connectivity index (χ3v) is 14.1. The van der Waals surface area contributed by atoms with E-state index in [1.807, 2.05) is 11.3 Å².